The van der Waals surface area contributed by atoms with Crippen LogP contribution in [0.5, 0.6) is 0 Å². The Morgan fingerprint density at radius 1 is 0.774 bits per heavy atom. The number of esters is 1. The van der Waals surface area contributed by atoms with Gasteiger partial charge in [0.25, 0.3) is 0 Å². The number of hydrogen-bond donors (Lipinski definition) is 2. The van der Waals surface area contributed by atoms with E-state index in [2.05, 4.69) is 13.0 Å². The zero-order chi connectivity index (χ0) is 44.9. The maximum absolute atomic E-state index is 13.3. The van der Waals surface area contributed by atoms with E-state index >= 15 is 0 Å². The number of fused-ring (bicyclic) bond motifs is 5. The zero-order valence-electron chi connectivity index (χ0n) is 39.0. The number of aliphatic hydroxyl groups excluding tert-OH is 1. The molecule has 0 aromatic carbocycles. The van der Waals surface area contributed by atoms with Gasteiger partial charge >= 0.3 is 5.97 Å². The van der Waals surface area contributed by atoms with Crippen LogP contribution in [0.3, 0.4) is 0 Å². The first-order valence-electron chi connectivity index (χ1n) is 23.3. The smallest absolute Gasteiger partial charge is 0.309 e. The van der Waals surface area contributed by atoms with Crippen LogP contribution >= 0.6 is 0 Å². The van der Waals surface area contributed by atoms with Gasteiger partial charge in [-0.1, -0.05) is 37.1 Å². The Kier molecular flexibility index (Phi) is 14.9. The summed E-state index contributed by atoms with van der Waals surface area (Å²) in [5.41, 5.74) is 0.162. The first kappa shape index (κ1) is 48.1. The predicted molar refractivity (Wildman–Crippen MR) is 227 cm³/mol. The fourth-order valence-electron chi connectivity index (χ4n) is 12.9. The van der Waals surface area contributed by atoms with Crippen LogP contribution < -0.4 is 0 Å². The number of methoxy groups -OCH3 is 3. The van der Waals surface area contributed by atoms with Crippen molar-refractivity contribution in [3.8, 4) is 0 Å². The maximum atomic E-state index is 13.3. The number of carbonyl (C=O) groups excluding carboxylic acids is 2. The van der Waals surface area contributed by atoms with E-state index in [4.69, 9.17) is 47.4 Å². The summed E-state index contributed by atoms with van der Waals surface area (Å²) >= 11 is 0. The highest BCUT2D eigenvalue weighted by Gasteiger charge is 2.71. The molecule has 3 heterocycles. The van der Waals surface area contributed by atoms with Gasteiger partial charge in [0.1, 0.15) is 30.2 Å². The average molecular weight is 877 g/mol. The Hall–Kier alpha value is -1.82. The van der Waals surface area contributed by atoms with E-state index < -0.39 is 66.5 Å². The zero-order valence-corrected chi connectivity index (χ0v) is 39.0. The lowest BCUT2D eigenvalue weighted by Crippen LogP contribution is -2.66. The van der Waals surface area contributed by atoms with E-state index in [1.165, 1.54) is 5.57 Å². The highest BCUT2D eigenvalue weighted by atomic mass is 16.7. The summed E-state index contributed by atoms with van der Waals surface area (Å²) in [6.07, 6.45) is 4.44. The van der Waals surface area contributed by atoms with E-state index in [1.807, 2.05) is 40.7 Å². The monoisotopic (exact) mass is 877 g/mol. The van der Waals surface area contributed by atoms with Crippen LogP contribution in [0, 0.1) is 28.6 Å². The lowest BCUT2D eigenvalue weighted by molar-refractivity contribution is -0.338. The number of ketones is 1. The van der Waals surface area contributed by atoms with Crippen LogP contribution in [0.4, 0.5) is 0 Å². The quantitative estimate of drug-likeness (QED) is 0.161. The van der Waals surface area contributed by atoms with Crippen molar-refractivity contribution in [3.63, 3.8) is 0 Å². The molecule has 0 unspecified atom stereocenters. The van der Waals surface area contributed by atoms with Crippen LogP contribution in [0.15, 0.2) is 23.3 Å². The minimum Gasteiger partial charge on any atom is -0.461 e. The number of Topliss-reactive ketones (excluding diaryl/α,β-unsaturated/α-hetero) is 1. The molecule has 4 aliphatic carbocycles. The van der Waals surface area contributed by atoms with Gasteiger partial charge < -0.3 is 57.6 Å². The fraction of sp³-hybridized carbons (Fsp3) is 0.875. The third-order valence-electron chi connectivity index (χ3n) is 16.5. The predicted octanol–water partition coefficient (Wildman–Crippen LogP) is 6.11. The molecule has 6 fully saturated rings. The molecule has 0 bridgehead atoms. The summed E-state index contributed by atoms with van der Waals surface area (Å²) in [7, 11) is 4.91. The van der Waals surface area contributed by atoms with E-state index in [1.54, 1.807) is 35.2 Å². The van der Waals surface area contributed by atoms with Gasteiger partial charge in [0.05, 0.1) is 54.7 Å². The maximum Gasteiger partial charge on any atom is 0.309 e. The summed E-state index contributed by atoms with van der Waals surface area (Å²) in [6.45, 7) is 15.6. The lowest BCUT2D eigenvalue weighted by atomic mass is 9.45. The molecule has 352 valence electrons. The average Bonchev–Trinajstić information content (AvgIpc) is 3.52. The second-order valence-corrected chi connectivity index (χ2v) is 20.2. The molecule has 7 aliphatic rings. The summed E-state index contributed by atoms with van der Waals surface area (Å²) in [5.74, 6) is -0.582. The Morgan fingerprint density at radius 3 is 1.90 bits per heavy atom. The summed E-state index contributed by atoms with van der Waals surface area (Å²) in [4.78, 5) is 26.4. The van der Waals surface area contributed by atoms with E-state index in [0.29, 0.717) is 44.9 Å². The number of rotatable bonds is 13. The Morgan fingerprint density at radius 2 is 1.34 bits per heavy atom. The molecule has 0 aromatic rings. The highest BCUT2D eigenvalue weighted by Crippen LogP contribution is 2.68. The van der Waals surface area contributed by atoms with Gasteiger partial charge in [0, 0.05) is 51.9 Å². The molecule has 3 saturated heterocycles. The molecule has 7 rings (SSSR count). The van der Waals surface area contributed by atoms with Crippen molar-refractivity contribution in [1.29, 1.82) is 0 Å². The van der Waals surface area contributed by atoms with Gasteiger partial charge in [-0.3, -0.25) is 9.59 Å². The largest absolute Gasteiger partial charge is 0.461 e. The highest BCUT2D eigenvalue weighted by molar-refractivity contribution is 5.80. The molecular weight excluding hydrogens is 801 g/mol. The van der Waals surface area contributed by atoms with Gasteiger partial charge in [0.2, 0.25) is 0 Å². The first-order chi connectivity index (χ1) is 29.4. The first-order valence-corrected chi connectivity index (χ1v) is 23.3. The van der Waals surface area contributed by atoms with E-state index in [9.17, 15) is 19.8 Å². The molecule has 0 spiro atoms. The molecule has 0 aromatic heterocycles. The Labute approximate surface area is 369 Å². The summed E-state index contributed by atoms with van der Waals surface area (Å²) < 4.78 is 62.4. The molecule has 0 amide bonds. The van der Waals surface area contributed by atoms with Crippen LogP contribution in [-0.4, -0.2) is 135 Å². The van der Waals surface area contributed by atoms with Crippen molar-refractivity contribution in [2.24, 2.45) is 28.6 Å². The fourth-order valence-corrected chi connectivity index (χ4v) is 12.9. The van der Waals surface area contributed by atoms with Crippen LogP contribution in [-0.2, 0) is 57.0 Å². The van der Waals surface area contributed by atoms with Crippen molar-refractivity contribution in [2.75, 3.05) is 21.3 Å². The number of carbonyl (C=O) groups is 2. The molecule has 62 heavy (non-hydrogen) atoms. The van der Waals surface area contributed by atoms with Gasteiger partial charge in [-0.05, 0) is 104 Å². The normalized spacial score (nSPS) is 48.0. The minimum absolute atomic E-state index is 0.0418. The van der Waals surface area contributed by atoms with Gasteiger partial charge in [-0.2, -0.15) is 0 Å². The van der Waals surface area contributed by atoms with Gasteiger partial charge in [0.15, 0.2) is 18.9 Å². The van der Waals surface area contributed by atoms with Crippen molar-refractivity contribution in [1.82, 2.24) is 0 Å². The van der Waals surface area contributed by atoms with Crippen molar-refractivity contribution in [2.45, 2.75) is 218 Å². The number of aliphatic hydroxyl groups is 2. The van der Waals surface area contributed by atoms with Crippen LogP contribution in [0.1, 0.15) is 126 Å². The molecular formula is C48H76O14. The lowest BCUT2D eigenvalue weighted by Gasteiger charge is -2.63. The standard InChI is InChI=1S/C48H76O14/c1-25(2)12-15-39(50)60-38-21-34-33(48(52)19-17-32(26(3)49)47(38,48)8)14-13-30-20-31(16-18-46(30,34)7)59-40-23-36(54-10)44(28(5)57-40)62-42-24-37(55-11)45(29(6)58-42)61-41-22-35(53-9)43(51)27(4)56-41/h12-13,27-29,31-38,40-45,51-52H,14-24H2,1-11H3/t27-,28-,29-,31+,32-,33-,34+,35-,36+,37+,38-,40+,41+,42+,43-,44-,45-,46+,47+,48-/m1/s1. The van der Waals surface area contributed by atoms with E-state index in [0.717, 1.165) is 24.8 Å². The summed E-state index contributed by atoms with van der Waals surface area (Å²) in [5, 5.41) is 23.2. The van der Waals surface area contributed by atoms with Gasteiger partial charge in [-0.15, -0.1) is 0 Å². The SMILES string of the molecule is CO[C@H]1C[C@H](O[C@H]2CC[C@@]3(C)C(=CC[C@@H]4[C@@H]3C[C@@H](OC(=O)CC=C(C)C)[C@]3(C)[C@@H](C(C)=O)CC[C@@]43O)C2)O[C@H](C)[C@H]1O[C@H]1C[C@H](OC)[C@H](O[C@H]2C[C@@H](OC)[C@H](O)[C@@H](C)O2)[C@@H](C)O1. The molecule has 14 heteroatoms. The third kappa shape index (κ3) is 9.03. The van der Waals surface area contributed by atoms with E-state index in [-0.39, 0.29) is 71.9 Å². The van der Waals surface area contributed by atoms with Crippen molar-refractivity contribution < 1.29 is 67.2 Å². The van der Waals surface area contributed by atoms with Crippen LogP contribution in [0.2, 0.25) is 0 Å². The minimum atomic E-state index is -1.13. The Balaban J connectivity index is 0.975. The second-order valence-electron chi connectivity index (χ2n) is 20.2. The number of allylic oxidation sites excluding steroid dienone is 2. The second kappa shape index (κ2) is 19.2. The Bertz CT molecular complexity index is 1650. The van der Waals surface area contributed by atoms with Crippen LogP contribution in [0.25, 0.3) is 0 Å². The summed E-state index contributed by atoms with van der Waals surface area (Å²) in [6, 6.07) is 0. The van der Waals surface area contributed by atoms with Gasteiger partial charge in [-0.25, -0.2) is 0 Å². The molecule has 3 saturated carbocycles. The topological polar surface area (TPSA) is 167 Å². The molecule has 0 radical (unpaired) electrons. The molecule has 3 aliphatic heterocycles. The van der Waals surface area contributed by atoms with Crippen molar-refractivity contribution >= 4 is 11.8 Å². The van der Waals surface area contributed by atoms with Crippen molar-refractivity contribution in [3.05, 3.63) is 23.3 Å². The molecule has 2 N–H and O–H groups in total. The molecule has 20 atom stereocenters. The number of hydrogen-bond acceptors (Lipinski definition) is 14. The molecule has 14 nitrogen and oxygen atoms in total. The number of ether oxygens (including phenoxy) is 10. The third-order valence-corrected chi connectivity index (χ3v) is 16.5.